The number of fused-ring (bicyclic) bond motifs is 1. The van der Waals surface area contributed by atoms with E-state index in [1.54, 1.807) is 69.3 Å². The van der Waals surface area contributed by atoms with Crippen LogP contribution in [0.5, 0.6) is 17.2 Å². The van der Waals surface area contributed by atoms with Gasteiger partial charge in [-0.15, -0.1) is 0 Å². The second-order valence-corrected chi connectivity index (χ2v) is 9.83. The quantitative estimate of drug-likeness (QED) is 0.308. The van der Waals surface area contributed by atoms with Crippen LogP contribution in [0.25, 0.3) is 6.08 Å². The molecule has 0 spiro atoms. The Kier molecular flexibility index (Phi) is 9.77. The van der Waals surface area contributed by atoms with Gasteiger partial charge in [-0.2, -0.15) is 5.26 Å². The van der Waals surface area contributed by atoms with Crippen LogP contribution in [0.2, 0.25) is 0 Å². The number of thiazole rings is 1. The second kappa shape index (κ2) is 13.6. The van der Waals surface area contributed by atoms with Gasteiger partial charge >= 0.3 is 11.9 Å². The fourth-order valence-electron chi connectivity index (χ4n) is 4.31. The van der Waals surface area contributed by atoms with E-state index in [1.807, 2.05) is 6.07 Å². The van der Waals surface area contributed by atoms with E-state index in [-0.39, 0.29) is 31.0 Å². The average Bonchev–Trinajstić information content (AvgIpc) is 3.29. The minimum atomic E-state index is -0.863. The van der Waals surface area contributed by atoms with Gasteiger partial charge in [0.05, 0.1) is 42.2 Å². The minimum absolute atomic E-state index is 0.0660. The highest BCUT2D eigenvalue weighted by Gasteiger charge is 2.34. The summed E-state index contributed by atoms with van der Waals surface area (Å²) in [6.07, 6.45) is 1.73. The van der Waals surface area contributed by atoms with Crippen LogP contribution in [0.1, 0.15) is 37.9 Å². The van der Waals surface area contributed by atoms with Crippen LogP contribution in [0.3, 0.4) is 0 Å². The third-order valence-corrected chi connectivity index (χ3v) is 7.14. The number of hydrogen-bond donors (Lipinski definition) is 0. The number of carbonyl (C=O) groups is 2. The SMILES string of the molecule is CCOC(=O)C1=C(C)N=c2s/c(=C\c3ccc(OCC#N)cc3)c(=O)n2[C@@H]1c1ccc(OCC(=O)OC)c(OCC)c1. The Bertz CT molecular complexity index is 1730. The highest BCUT2D eigenvalue weighted by atomic mass is 32.1. The lowest BCUT2D eigenvalue weighted by Crippen LogP contribution is -2.40. The van der Waals surface area contributed by atoms with Crippen LogP contribution < -0.4 is 29.1 Å². The highest BCUT2D eigenvalue weighted by molar-refractivity contribution is 7.07. The zero-order valence-corrected chi connectivity index (χ0v) is 24.4. The molecule has 12 heteroatoms. The van der Waals surface area contributed by atoms with Crippen LogP contribution in [0.15, 0.2) is 63.5 Å². The maximum atomic E-state index is 13.9. The van der Waals surface area contributed by atoms with Crippen LogP contribution in [0, 0.1) is 11.3 Å². The first-order chi connectivity index (χ1) is 20.3. The molecule has 0 saturated carbocycles. The smallest absolute Gasteiger partial charge is 0.343 e. The second-order valence-electron chi connectivity index (χ2n) is 8.82. The van der Waals surface area contributed by atoms with Crippen LogP contribution in [-0.4, -0.2) is 50.0 Å². The number of ether oxygens (including phenoxy) is 5. The molecule has 0 bridgehead atoms. The van der Waals surface area contributed by atoms with Gasteiger partial charge in [0.1, 0.15) is 11.8 Å². The summed E-state index contributed by atoms with van der Waals surface area (Å²) in [6, 6.07) is 13.0. The molecular weight excluding hydrogens is 562 g/mol. The number of nitrogens with zero attached hydrogens (tertiary/aromatic N) is 3. The largest absolute Gasteiger partial charge is 0.490 e. The Labute approximate surface area is 245 Å². The molecule has 42 heavy (non-hydrogen) atoms. The first kappa shape index (κ1) is 30.1. The van der Waals surface area contributed by atoms with Gasteiger partial charge in [-0.05, 0) is 62.2 Å². The van der Waals surface area contributed by atoms with Crippen molar-refractivity contribution >= 4 is 29.4 Å². The molecule has 1 atom stereocenters. The zero-order valence-electron chi connectivity index (χ0n) is 23.5. The molecule has 1 aliphatic heterocycles. The van der Waals surface area contributed by atoms with Crippen molar-refractivity contribution in [1.29, 1.82) is 5.26 Å². The number of carbonyl (C=O) groups excluding carboxylic acids is 2. The molecule has 0 aliphatic carbocycles. The standard InChI is InChI=1S/C30H29N3O8S/c1-5-38-23-16-20(9-12-22(23)41-17-25(34)37-4)27-26(29(36)39-6-2)18(3)32-30-33(27)28(35)24(42-30)15-19-7-10-21(11-8-19)40-14-13-31/h7-12,15-16,27H,5-6,14,17H2,1-4H3/b24-15-/t27-/m1/s1. The van der Waals surface area contributed by atoms with Crippen molar-refractivity contribution in [3.05, 3.63) is 84.5 Å². The Morgan fingerprint density at radius 3 is 2.50 bits per heavy atom. The molecule has 2 heterocycles. The monoisotopic (exact) mass is 591 g/mol. The summed E-state index contributed by atoms with van der Waals surface area (Å²) in [5, 5.41) is 8.71. The number of hydrogen-bond acceptors (Lipinski definition) is 11. The summed E-state index contributed by atoms with van der Waals surface area (Å²) >= 11 is 1.20. The molecule has 1 aromatic heterocycles. The van der Waals surface area contributed by atoms with Gasteiger partial charge < -0.3 is 23.7 Å². The van der Waals surface area contributed by atoms with Crippen molar-refractivity contribution in [3.8, 4) is 23.3 Å². The summed E-state index contributed by atoms with van der Waals surface area (Å²) in [5.74, 6) is 0.0293. The maximum Gasteiger partial charge on any atom is 0.343 e. The van der Waals surface area contributed by atoms with Crippen LogP contribution in [-0.2, 0) is 19.1 Å². The fraction of sp³-hybridized carbons (Fsp3) is 0.300. The average molecular weight is 592 g/mol. The Hall–Kier alpha value is -4.89. The molecule has 0 radical (unpaired) electrons. The van der Waals surface area contributed by atoms with Gasteiger partial charge in [-0.3, -0.25) is 9.36 Å². The molecule has 0 unspecified atom stereocenters. The van der Waals surface area contributed by atoms with E-state index in [0.717, 1.165) is 5.56 Å². The molecule has 0 saturated heterocycles. The fourth-order valence-corrected chi connectivity index (χ4v) is 5.36. The lowest BCUT2D eigenvalue weighted by molar-refractivity contribution is -0.143. The predicted octanol–water partition coefficient (Wildman–Crippen LogP) is 2.65. The summed E-state index contributed by atoms with van der Waals surface area (Å²) in [6.45, 7) is 5.28. The molecule has 218 valence electrons. The van der Waals surface area contributed by atoms with E-state index in [1.165, 1.54) is 23.0 Å². The molecule has 3 aromatic rings. The number of rotatable bonds is 11. The summed E-state index contributed by atoms with van der Waals surface area (Å²) in [5.41, 5.74) is 1.61. The molecule has 2 aromatic carbocycles. The van der Waals surface area contributed by atoms with Crippen molar-refractivity contribution in [3.63, 3.8) is 0 Å². The van der Waals surface area contributed by atoms with Crippen molar-refractivity contribution in [2.75, 3.05) is 33.5 Å². The third kappa shape index (κ3) is 6.53. The molecule has 11 nitrogen and oxygen atoms in total. The van der Waals surface area contributed by atoms with E-state index in [0.29, 0.717) is 44.4 Å². The number of benzene rings is 2. The van der Waals surface area contributed by atoms with Crippen molar-refractivity contribution in [2.24, 2.45) is 4.99 Å². The van der Waals surface area contributed by atoms with Crippen LogP contribution in [0.4, 0.5) is 0 Å². The van der Waals surface area contributed by atoms with Crippen molar-refractivity contribution in [1.82, 2.24) is 4.57 Å². The Morgan fingerprint density at radius 1 is 1.07 bits per heavy atom. The van der Waals surface area contributed by atoms with Gasteiger partial charge in [-0.1, -0.05) is 29.5 Å². The highest BCUT2D eigenvalue weighted by Crippen LogP contribution is 2.36. The van der Waals surface area contributed by atoms with E-state index in [4.69, 9.17) is 24.2 Å². The van der Waals surface area contributed by atoms with Gasteiger partial charge in [0, 0.05) is 0 Å². The molecule has 0 amide bonds. The topological polar surface area (TPSA) is 138 Å². The minimum Gasteiger partial charge on any atom is -0.490 e. The lowest BCUT2D eigenvalue weighted by Gasteiger charge is -2.25. The maximum absolute atomic E-state index is 13.9. The first-order valence-electron chi connectivity index (χ1n) is 13.1. The van der Waals surface area contributed by atoms with Gasteiger partial charge in [0.15, 0.2) is 29.5 Å². The van der Waals surface area contributed by atoms with E-state index >= 15 is 0 Å². The number of nitriles is 1. The Morgan fingerprint density at radius 2 is 1.83 bits per heavy atom. The number of methoxy groups -OCH3 is 1. The van der Waals surface area contributed by atoms with E-state index < -0.39 is 18.0 Å². The molecular formula is C30H29N3O8S. The Balaban J connectivity index is 1.84. The van der Waals surface area contributed by atoms with E-state index in [2.05, 4.69) is 9.73 Å². The predicted molar refractivity (Wildman–Crippen MR) is 153 cm³/mol. The van der Waals surface area contributed by atoms with E-state index in [9.17, 15) is 14.4 Å². The van der Waals surface area contributed by atoms with Crippen molar-refractivity contribution in [2.45, 2.75) is 26.8 Å². The lowest BCUT2D eigenvalue weighted by atomic mass is 9.95. The molecule has 0 N–H and O–H groups in total. The number of allylic oxidation sites excluding steroid dienone is 1. The molecule has 1 aliphatic rings. The van der Waals surface area contributed by atoms with Gasteiger partial charge in [0.2, 0.25) is 0 Å². The van der Waals surface area contributed by atoms with Crippen LogP contribution >= 0.6 is 11.3 Å². The van der Waals surface area contributed by atoms with Crippen molar-refractivity contribution < 1.29 is 33.3 Å². The van der Waals surface area contributed by atoms with Gasteiger partial charge in [0.25, 0.3) is 5.56 Å². The first-order valence-corrected chi connectivity index (χ1v) is 13.9. The normalized spacial score (nSPS) is 14.4. The van der Waals surface area contributed by atoms with Gasteiger partial charge in [-0.25, -0.2) is 14.6 Å². The zero-order chi connectivity index (χ0) is 30.2. The summed E-state index contributed by atoms with van der Waals surface area (Å²) in [4.78, 5) is 43.7. The molecule has 0 fully saturated rings. The summed E-state index contributed by atoms with van der Waals surface area (Å²) in [7, 11) is 1.26. The number of aromatic nitrogens is 1. The number of esters is 2. The third-order valence-electron chi connectivity index (χ3n) is 6.15. The molecule has 4 rings (SSSR count). The summed E-state index contributed by atoms with van der Waals surface area (Å²) < 4.78 is 28.6.